The number of para-hydroxylation sites is 1. The highest BCUT2D eigenvalue weighted by Crippen LogP contribution is 2.36. The SMILES string of the molecule is OC1c2ccccc2OC1F. The predicted molar refractivity (Wildman–Crippen MR) is 36.9 cm³/mol. The summed E-state index contributed by atoms with van der Waals surface area (Å²) in [6, 6.07) is 6.77. The van der Waals surface area contributed by atoms with E-state index >= 15 is 0 Å². The molecular formula is C8H7FO2. The molecule has 2 nitrogen and oxygen atoms in total. The molecule has 1 aliphatic heterocycles. The molecule has 2 unspecified atom stereocenters. The minimum atomic E-state index is -1.60. The maximum atomic E-state index is 12.6. The molecule has 3 heteroatoms. The zero-order chi connectivity index (χ0) is 7.84. The number of hydrogen-bond acceptors (Lipinski definition) is 2. The summed E-state index contributed by atoms with van der Waals surface area (Å²) in [5.41, 5.74) is 0.528. The molecule has 1 aliphatic rings. The van der Waals surface area contributed by atoms with E-state index < -0.39 is 12.5 Å². The number of hydrogen-bond donors (Lipinski definition) is 1. The molecule has 58 valence electrons. The first-order valence-corrected chi connectivity index (χ1v) is 3.37. The third-order valence-corrected chi connectivity index (χ3v) is 1.73. The van der Waals surface area contributed by atoms with E-state index in [2.05, 4.69) is 0 Å². The lowest BCUT2D eigenvalue weighted by Crippen LogP contribution is -2.10. The van der Waals surface area contributed by atoms with Crippen LogP contribution in [0, 0.1) is 0 Å². The monoisotopic (exact) mass is 154 g/mol. The first kappa shape index (κ1) is 6.61. The third kappa shape index (κ3) is 0.886. The van der Waals surface area contributed by atoms with Gasteiger partial charge in [0, 0.05) is 5.56 Å². The summed E-state index contributed by atoms with van der Waals surface area (Å²) in [6.07, 6.45) is -2.72. The van der Waals surface area contributed by atoms with Crippen molar-refractivity contribution in [3.05, 3.63) is 29.8 Å². The van der Waals surface area contributed by atoms with E-state index in [0.29, 0.717) is 11.3 Å². The molecule has 0 bridgehead atoms. The number of benzene rings is 1. The highest BCUT2D eigenvalue weighted by atomic mass is 19.1. The topological polar surface area (TPSA) is 29.5 Å². The second-order valence-corrected chi connectivity index (χ2v) is 2.45. The van der Waals surface area contributed by atoms with Gasteiger partial charge < -0.3 is 9.84 Å². The summed E-state index contributed by atoms with van der Waals surface area (Å²) in [5, 5.41) is 9.15. The first-order chi connectivity index (χ1) is 5.29. The molecule has 0 amide bonds. The van der Waals surface area contributed by atoms with Gasteiger partial charge in [0.25, 0.3) is 6.36 Å². The standard InChI is InChI=1S/C8H7FO2/c9-8-7(10)5-3-1-2-4-6(5)11-8/h1-4,7-8,10H. The summed E-state index contributed by atoms with van der Waals surface area (Å²) in [6.45, 7) is 0. The van der Waals surface area contributed by atoms with E-state index in [1.807, 2.05) is 0 Å². The maximum absolute atomic E-state index is 12.6. The van der Waals surface area contributed by atoms with Crippen molar-refractivity contribution in [2.45, 2.75) is 12.5 Å². The van der Waals surface area contributed by atoms with Gasteiger partial charge in [0.2, 0.25) is 0 Å². The van der Waals surface area contributed by atoms with Crippen LogP contribution in [0.25, 0.3) is 0 Å². The van der Waals surface area contributed by atoms with E-state index in [1.54, 1.807) is 24.3 Å². The molecular weight excluding hydrogens is 147 g/mol. The van der Waals surface area contributed by atoms with Crippen molar-refractivity contribution < 1.29 is 14.2 Å². The lowest BCUT2D eigenvalue weighted by molar-refractivity contribution is -0.0211. The molecule has 0 radical (unpaired) electrons. The molecule has 0 fully saturated rings. The molecule has 0 saturated carbocycles. The summed E-state index contributed by atoms with van der Waals surface area (Å²) >= 11 is 0. The van der Waals surface area contributed by atoms with Crippen molar-refractivity contribution in [2.75, 3.05) is 0 Å². The van der Waals surface area contributed by atoms with Crippen LogP contribution in [-0.4, -0.2) is 11.5 Å². The Balaban J connectivity index is 2.47. The lowest BCUT2D eigenvalue weighted by atomic mass is 10.1. The minimum absolute atomic E-state index is 0.438. The van der Waals surface area contributed by atoms with Crippen LogP contribution in [0.3, 0.4) is 0 Å². The number of ether oxygens (including phenoxy) is 1. The number of aliphatic hydroxyl groups excluding tert-OH is 1. The number of alkyl halides is 1. The average molecular weight is 154 g/mol. The molecule has 0 saturated heterocycles. The number of rotatable bonds is 0. The number of aliphatic hydroxyl groups is 1. The Bertz CT molecular complexity index is 275. The van der Waals surface area contributed by atoms with E-state index in [-0.39, 0.29) is 0 Å². The van der Waals surface area contributed by atoms with Gasteiger partial charge in [-0.3, -0.25) is 0 Å². The second kappa shape index (κ2) is 2.20. The third-order valence-electron chi connectivity index (χ3n) is 1.73. The number of fused-ring (bicyclic) bond motifs is 1. The lowest BCUT2D eigenvalue weighted by Gasteiger charge is -2.01. The summed E-state index contributed by atoms with van der Waals surface area (Å²) in [5.74, 6) is 0.438. The van der Waals surface area contributed by atoms with Gasteiger partial charge in [-0.05, 0) is 6.07 Å². The predicted octanol–water partition coefficient (Wildman–Crippen LogP) is 1.41. The quantitative estimate of drug-likeness (QED) is 0.612. The zero-order valence-electron chi connectivity index (χ0n) is 5.70. The summed E-state index contributed by atoms with van der Waals surface area (Å²) in [7, 11) is 0. The molecule has 2 atom stereocenters. The van der Waals surface area contributed by atoms with E-state index in [9.17, 15) is 4.39 Å². The maximum Gasteiger partial charge on any atom is 0.268 e. The van der Waals surface area contributed by atoms with Gasteiger partial charge in [-0.1, -0.05) is 18.2 Å². The van der Waals surface area contributed by atoms with Gasteiger partial charge in [-0.15, -0.1) is 0 Å². The fraction of sp³-hybridized carbons (Fsp3) is 0.250. The van der Waals surface area contributed by atoms with Crippen molar-refractivity contribution in [2.24, 2.45) is 0 Å². The Kier molecular flexibility index (Phi) is 1.32. The van der Waals surface area contributed by atoms with Crippen LogP contribution in [0.2, 0.25) is 0 Å². The van der Waals surface area contributed by atoms with Gasteiger partial charge in [0.15, 0.2) is 0 Å². The summed E-state index contributed by atoms with van der Waals surface area (Å²) in [4.78, 5) is 0. The van der Waals surface area contributed by atoms with Crippen molar-refractivity contribution in [3.8, 4) is 5.75 Å². The molecule has 1 aromatic carbocycles. The van der Waals surface area contributed by atoms with Crippen molar-refractivity contribution >= 4 is 0 Å². The van der Waals surface area contributed by atoms with Crippen molar-refractivity contribution in [1.82, 2.24) is 0 Å². The van der Waals surface area contributed by atoms with Gasteiger partial charge in [0.05, 0.1) is 0 Å². The molecule has 2 rings (SSSR count). The Labute approximate surface area is 63.2 Å². The van der Waals surface area contributed by atoms with Crippen molar-refractivity contribution in [1.29, 1.82) is 0 Å². The Morgan fingerprint density at radius 1 is 1.36 bits per heavy atom. The van der Waals surface area contributed by atoms with E-state index in [0.717, 1.165) is 0 Å². The van der Waals surface area contributed by atoms with Crippen LogP contribution in [-0.2, 0) is 0 Å². The molecule has 1 aromatic rings. The molecule has 1 N–H and O–H groups in total. The van der Waals surface area contributed by atoms with Crippen LogP contribution < -0.4 is 4.74 Å². The van der Waals surface area contributed by atoms with Crippen molar-refractivity contribution in [3.63, 3.8) is 0 Å². The van der Waals surface area contributed by atoms with E-state index in [4.69, 9.17) is 9.84 Å². The highest BCUT2D eigenvalue weighted by molar-refractivity contribution is 5.38. The Morgan fingerprint density at radius 3 is 2.82 bits per heavy atom. The highest BCUT2D eigenvalue weighted by Gasteiger charge is 2.31. The van der Waals surface area contributed by atoms with Gasteiger partial charge in [-0.2, -0.15) is 4.39 Å². The van der Waals surface area contributed by atoms with Gasteiger partial charge in [-0.25, -0.2) is 0 Å². The largest absolute Gasteiger partial charge is 0.457 e. The smallest absolute Gasteiger partial charge is 0.268 e. The van der Waals surface area contributed by atoms with Crippen LogP contribution in [0.5, 0.6) is 5.75 Å². The molecule has 1 heterocycles. The van der Waals surface area contributed by atoms with Gasteiger partial charge in [0.1, 0.15) is 11.9 Å². The van der Waals surface area contributed by atoms with Crippen LogP contribution in [0.4, 0.5) is 4.39 Å². The van der Waals surface area contributed by atoms with Crippen LogP contribution >= 0.6 is 0 Å². The Hall–Kier alpha value is -1.09. The van der Waals surface area contributed by atoms with E-state index in [1.165, 1.54) is 0 Å². The normalized spacial score (nSPS) is 27.8. The fourth-order valence-electron chi connectivity index (χ4n) is 1.16. The first-order valence-electron chi connectivity index (χ1n) is 3.37. The van der Waals surface area contributed by atoms with Crippen LogP contribution in [0.1, 0.15) is 11.7 Å². The zero-order valence-corrected chi connectivity index (χ0v) is 5.70. The average Bonchev–Trinajstić information content (AvgIpc) is 2.30. The Morgan fingerprint density at radius 2 is 2.09 bits per heavy atom. The minimum Gasteiger partial charge on any atom is -0.457 e. The number of halogens is 1. The summed E-state index contributed by atoms with van der Waals surface area (Å²) < 4.78 is 17.3. The molecule has 11 heavy (non-hydrogen) atoms. The molecule has 0 spiro atoms. The van der Waals surface area contributed by atoms with Crippen LogP contribution in [0.15, 0.2) is 24.3 Å². The van der Waals surface area contributed by atoms with Gasteiger partial charge >= 0.3 is 0 Å². The second-order valence-electron chi connectivity index (χ2n) is 2.45. The molecule has 0 aromatic heterocycles. The fourth-order valence-corrected chi connectivity index (χ4v) is 1.16. The molecule has 0 aliphatic carbocycles.